The zero-order valence-electron chi connectivity index (χ0n) is 9.64. The molecule has 0 spiro atoms. The van der Waals surface area contributed by atoms with E-state index in [0.717, 1.165) is 4.57 Å². The fourth-order valence-electron chi connectivity index (χ4n) is 1.37. The summed E-state index contributed by atoms with van der Waals surface area (Å²) in [5, 5.41) is 19.4. The van der Waals surface area contributed by atoms with Gasteiger partial charge in [-0.1, -0.05) is 0 Å². The van der Waals surface area contributed by atoms with E-state index >= 15 is 0 Å². The molecule has 7 heteroatoms. The van der Waals surface area contributed by atoms with Crippen LogP contribution in [0.15, 0.2) is 16.9 Å². The third kappa shape index (κ3) is 2.95. The van der Waals surface area contributed by atoms with Crippen LogP contribution in [0.3, 0.4) is 0 Å². The van der Waals surface area contributed by atoms with Crippen LogP contribution >= 0.6 is 0 Å². The summed E-state index contributed by atoms with van der Waals surface area (Å²) in [5.74, 6) is -1.87. The minimum Gasteiger partial charge on any atom is -0.477 e. The first-order chi connectivity index (χ1) is 8.47. The number of hydrogen-bond donors (Lipinski definition) is 2. The number of aromatic carboxylic acids is 1. The minimum atomic E-state index is -1.34. The smallest absolute Gasteiger partial charge is 0.341 e. The van der Waals surface area contributed by atoms with Crippen LogP contribution in [-0.2, 0) is 11.3 Å². The normalized spacial score (nSPS) is 9.56. The highest BCUT2D eigenvalue weighted by Gasteiger charge is 2.14. The molecule has 1 aromatic heterocycles. The van der Waals surface area contributed by atoms with E-state index < -0.39 is 23.0 Å². The van der Waals surface area contributed by atoms with E-state index in [2.05, 4.69) is 5.32 Å². The highest BCUT2D eigenvalue weighted by molar-refractivity contribution is 5.87. The van der Waals surface area contributed by atoms with E-state index in [1.807, 2.05) is 0 Å². The molecule has 0 fully saturated rings. The van der Waals surface area contributed by atoms with Crippen molar-refractivity contribution in [3.63, 3.8) is 0 Å². The predicted molar refractivity (Wildman–Crippen MR) is 61.0 cm³/mol. The number of nitriles is 1. The average molecular weight is 249 g/mol. The molecule has 0 unspecified atom stereocenters. The second kappa shape index (κ2) is 5.63. The Labute approximate surface area is 102 Å². The van der Waals surface area contributed by atoms with Crippen LogP contribution in [0, 0.1) is 18.3 Å². The highest BCUT2D eigenvalue weighted by atomic mass is 16.4. The molecule has 1 rings (SSSR count). The lowest BCUT2D eigenvalue weighted by molar-refractivity contribution is -0.121. The number of pyridine rings is 1. The van der Waals surface area contributed by atoms with Crippen molar-refractivity contribution in [3.8, 4) is 6.07 Å². The topological polar surface area (TPSA) is 112 Å². The van der Waals surface area contributed by atoms with Gasteiger partial charge in [-0.3, -0.25) is 9.59 Å². The molecule has 0 radical (unpaired) electrons. The highest BCUT2D eigenvalue weighted by Crippen LogP contribution is 1.98. The van der Waals surface area contributed by atoms with Crippen LogP contribution in [0.1, 0.15) is 16.1 Å². The first kappa shape index (κ1) is 13.4. The molecule has 7 nitrogen and oxygen atoms in total. The molecular weight excluding hydrogens is 238 g/mol. The monoisotopic (exact) mass is 249 g/mol. The number of amides is 1. The van der Waals surface area contributed by atoms with Gasteiger partial charge in [0, 0.05) is 5.69 Å². The van der Waals surface area contributed by atoms with E-state index in [0.29, 0.717) is 5.69 Å². The maximum Gasteiger partial charge on any atom is 0.341 e. The van der Waals surface area contributed by atoms with Crippen molar-refractivity contribution in [3.05, 3.63) is 33.7 Å². The Morgan fingerprint density at radius 3 is 2.72 bits per heavy atom. The SMILES string of the molecule is Cc1ccc(C(=O)O)c(=O)n1CC(=O)NCC#N. The number of carboxylic acids is 1. The Hall–Kier alpha value is -2.62. The minimum absolute atomic E-state index is 0.161. The van der Waals surface area contributed by atoms with Crippen molar-refractivity contribution in [2.24, 2.45) is 0 Å². The summed E-state index contributed by atoms with van der Waals surface area (Å²) in [4.78, 5) is 34.0. The van der Waals surface area contributed by atoms with Gasteiger partial charge in [-0.05, 0) is 19.1 Å². The Morgan fingerprint density at radius 2 is 2.17 bits per heavy atom. The molecule has 0 aliphatic carbocycles. The number of carbonyl (C=O) groups is 2. The van der Waals surface area contributed by atoms with E-state index in [1.165, 1.54) is 12.1 Å². The summed E-state index contributed by atoms with van der Waals surface area (Å²) in [6, 6.07) is 4.37. The number of nitrogens with zero attached hydrogens (tertiary/aromatic N) is 2. The van der Waals surface area contributed by atoms with Crippen LogP contribution in [0.25, 0.3) is 0 Å². The molecule has 1 amide bonds. The Balaban J connectivity index is 3.06. The van der Waals surface area contributed by atoms with Gasteiger partial charge in [0.15, 0.2) is 0 Å². The third-order valence-corrected chi connectivity index (χ3v) is 2.29. The van der Waals surface area contributed by atoms with Gasteiger partial charge in [-0.25, -0.2) is 4.79 Å². The maximum absolute atomic E-state index is 11.8. The quantitative estimate of drug-likeness (QED) is 0.698. The van der Waals surface area contributed by atoms with Gasteiger partial charge in [0.05, 0.1) is 6.07 Å². The second-order valence-electron chi connectivity index (χ2n) is 3.52. The lowest BCUT2D eigenvalue weighted by atomic mass is 10.2. The number of hydrogen-bond acceptors (Lipinski definition) is 4. The van der Waals surface area contributed by atoms with E-state index in [9.17, 15) is 14.4 Å². The van der Waals surface area contributed by atoms with Crippen LogP contribution in [0.4, 0.5) is 0 Å². The van der Waals surface area contributed by atoms with Crippen molar-refractivity contribution >= 4 is 11.9 Å². The summed E-state index contributed by atoms with van der Waals surface area (Å²) in [5.41, 5.74) is -0.666. The molecule has 94 valence electrons. The number of nitrogens with one attached hydrogen (secondary N) is 1. The van der Waals surface area contributed by atoms with Gasteiger partial charge < -0.3 is 15.0 Å². The second-order valence-corrected chi connectivity index (χ2v) is 3.52. The van der Waals surface area contributed by atoms with Crippen LogP contribution in [0.2, 0.25) is 0 Å². The summed E-state index contributed by atoms with van der Waals surface area (Å²) < 4.78 is 1.05. The van der Waals surface area contributed by atoms with Crippen molar-refractivity contribution in [1.82, 2.24) is 9.88 Å². The Kier molecular flexibility index (Phi) is 4.21. The zero-order chi connectivity index (χ0) is 13.7. The largest absolute Gasteiger partial charge is 0.477 e. The molecule has 0 aromatic carbocycles. The number of rotatable bonds is 4. The molecule has 0 aliphatic rings. The number of aryl methyl sites for hydroxylation is 1. The van der Waals surface area contributed by atoms with Crippen molar-refractivity contribution in [2.45, 2.75) is 13.5 Å². The Bertz CT molecular complexity index is 583. The van der Waals surface area contributed by atoms with E-state index in [-0.39, 0.29) is 13.1 Å². The molecule has 0 atom stereocenters. The zero-order valence-corrected chi connectivity index (χ0v) is 9.64. The number of aromatic nitrogens is 1. The van der Waals surface area contributed by atoms with E-state index in [1.54, 1.807) is 13.0 Å². The fourth-order valence-corrected chi connectivity index (χ4v) is 1.37. The molecule has 1 aromatic rings. The average Bonchev–Trinajstić information content (AvgIpc) is 2.31. The fraction of sp³-hybridized carbons (Fsp3) is 0.273. The predicted octanol–water partition coefficient (Wildman–Crippen LogP) is -0.505. The molecule has 0 saturated heterocycles. The van der Waals surface area contributed by atoms with Crippen molar-refractivity contribution in [2.75, 3.05) is 6.54 Å². The standard InChI is InChI=1S/C11H11N3O4/c1-7-2-3-8(11(17)18)10(16)14(7)6-9(15)13-5-4-12/h2-3H,5-6H2,1H3,(H,13,15)(H,17,18). The van der Waals surface area contributed by atoms with Gasteiger partial charge in [-0.2, -0.15) is 5.26 Å². The molecule has 1 heterocycles. The van der Waals surface area contributed by atoms with Crippen LogP contribution in [0.5, 0.6) is 0 Å². The molecule has 18 heavy (non-hydrogen) atoms. The Morgan fingerprint density at radius 1 is 1.50 bits per heavy atom. The van der Waals surface area contributed by atoms with Crippen LogP contribution < -0.4 is 10.9 Å². The molecule has 2 N–H and O–H groups in total. The number of carboxylic acid groups (broad SMARTS) is 1. The first-order valence-electron chi connectivity index (χ1n) is 5.04. The van der Waals surface area contributed by atoms with E-state index in [4.69, 9.17) is 10.4 Å². The van der Waals surface area contributed by atoms with Crippen molar-refractivity contribution in [1.29, 1.82) is 5.26 Å². The molecule has 0 aliphatic heterocycles. The van der Waals surface area contributed by atoms with Gasteiger partial charge in [0.25, 0.3) is 5.56 Å². The molecule has 0 saturated carbocycles. The van der Waals surface area contributed by atoms with Crippen LogP contribution in [-0.4, -0.2) is 28.1 Å². The maximum atomic E-state index is 11.8. The summed E-state index contributed by atoms with van der Waals surface area (Å²) in [6.07, 6.45) is 0. The van der Waals surface area contributed by atoms with Crippen molar-refractivity contribution < 1.29 is 14.7 Å². The summed E-state index contributed by atoms with van der Waals surface area (Å²) in [6.45, 7) is 1.11. The van der Waals surface area contributed by atoms with Gasteiger partial charge >= 0.3 is 5.97 Å². The third-order valence-electron chi connectivity index (χ3n) is 2.29. The first-order valence-corrected chi connectivity index (χ1v) is 5.04. The lowest BCUT2D eigenvalue weighted by Gasteiger charge is -2.09. The van der Waals surface area contributed by atoms with Gasteiger partial charge in [-0.15, -0.1) is 0 Å². The molecular formula is C11H11N3O4. The number of carbonyl (C=O) groups excluding carboxylic acids is 1. The lowest BCUT2D eigenvalue weighted by Crippen LogP contribution is -2.35. The molecule has 0 bridgehead atoms. The summed E-state index contributed by atoms with van der Waals surface area (Å²) >= 11 is 0. The summed E-state index contributed by atoms with van der Waals surface area (Å²) in [7, 11) is 0. The van der Waals surface area contributed by atoms with Gasteiger partial charge in [0.2, 0.25) is 5.91 Å². The van der Waals surface area contributed by atoms with Gasteiger partial charge in [0.1, 0.15) is 18.7 Å².